The number of aryl methyl sites for hydroxylation is 1. The fraction of sp³-hybridized carbons (Fsp3) is 0.424. The van der Waals surface area contributed by atoms with Crippen LogP contribution >= 0.6 is 0 Å². The van der Waals surface area contributed by atoms with Gasteiger partial charge in [0.05, 0.1) is 5.56 Å². The van der Waals surface area contributed by atoms with Crippen LogP contribution in [0.4, 0.5) is 17.6 Å². The molecule has 0 fully saturated rings. The van der Waals surface area contributed by atoms with Crippen molar-refractivity contribution >= 4 is 5.97 Å². The topological polar surface area (TPSA) is 55.8 Å². The number of phenols is 1. The van der Waals surface area contributed by atoms with Crippen LogP contribution in [0.5, 0.6) is 17.2 Å². The summed E-state index contributed by atoms with van der Waals surface area (Å²) in [5.74, 6) is -5.16. The molecule has 0 amide bonds. The molecule has 4 nitrogen and oxygen atoms in total. The van der Waals surface area contributed by atoms with E-state index in [0.717, 1.165) is 31.2 Å². The monoisotopic (exact) mass is 574 g/mol. The molecule has 0 aliphatic carbocycles. The highest BCUT2D eigenvalue weighted by Gasteiger charge is 2.42. The number of ether oxygens (including phenoxy) is 2. The Morgan fingerprint density at radius 3 is 1.78 bits per heavy atom. The van der Waals surface area contributed by atoms with E-state index in [1.54, 1.807) is 65.8 Å². The van der Waals surface area contributed by atoms with Gasteiger partial charge >= 0.3 is 12.1 Å². The van der Waals surface area contributed by atoms with Crippen LogP contribution in [0.15, 0.2) is 48.5 Å². The molecule has 3 rings (SSSR count). The number of phenolic OH excluding ortho intramolecular Hbond substituents is 1. The number of unbranched alkanes of at least 4 members (excludes halogenated alkanes) is 2. The molecule has 0 aromatic heterocycles. The minimum Gasteiger partial charge on any atom is -0.507 e. The van der Waals surface area contributed by atoms with Crippen molar-refractivity contribution in [3.05, 3.63) is 88.0 Å². The first-order valence-corrected chi connectivity index (χ1v) is 13.7. The number of rotatable bonds is 9. The molecular weight excluding hydrogens is 536 g/mol. The molecule has 0 aliphatic rings. The van der Waals surface area contributed by atoms with Crippen molar-refractivity contribution in [3.8, 4) is 17.2 Å². The maximum atomic E-state index is 15.3. The quantitative estimate of drug-likeness (QED) is 0.120. The highest BCUT2D eigenvalue weighted by atomic mass is 19.3. The Morgan fingerprint density at radius 1 is 0.805 bits per heavy atom. The van der Waals surface area contributed by atoms with E-state index in [2.05, 4.69) is 6.92 Å². The first kappa shape index (κ1) is 32.0. The lowest BCUT2D eigenvalue weighted by molar-refractivity contribution is -0.189. The average Bonchev–Trinajstić information content (AvgIpc) is 2.83. The first-order valence-electron chi connectivity index (χ1n) is 13.7. The zero-order chi connectivity index (χ0) is 30.8. The molecule has 0 spiro atoms. The zero-order valence-electron chi connectivity index (χ0n) is 24.6. The van der Waals surface area contributed by atoms with Crippen LogP contribution < -0.4 is 9.47 Å². The summed E-state index contributed by atoms with van der Waals surface area (Å²) in [6.45, 7) is 12.8. The molecule has 0 saturated heterocycles. The lowest BCUT2D eigenvalue weighted by atomic mass is 9.79. The molecule has 0 saturated carbocycles. The molecule has 222 valence electrons. The Balaban J connectivity index is 1.86. The number of hydrogen-bond acceptors (Lipinski definition) is 4. The third-order valence-electron chi connectivity index (χ3n) is 6.72. The van der Waals surface area contributed by atoms with Gasteiger partial charge in [0.25, 0.3) is 0 Å². The van der Waals surface area contributed by atoms with Crippen LogP contribution in [0.25, 0.3) is 0 Å². The third-order valence-corrected chi connectivity index (χ3v) is 6.72. The zero-order valence-corrected chi connectivity index (χ0v) is 24.6. The number of halogens is 4. The van der Waals surface area contributed by atoms with Crippen LogP contribution in [0.2, 0.25) is 0 Å². The lowest BCUT2D eigenvalue weighted by Gasteiger charge is -2.29. The van der Waals surface area contributed by atoms with Gasteiger partial charge in [-0.2, -0.15) is 8.78 Å². The number of carbonyl (C=O) groups excluding carboxylic acids is 1. The molecule has 0 radical (unpaired) electrons. The standard InChI is InChI=1S/C33H38F4O4/c1-8-9-10-11-20-12-14-21(15-13-20)30(39)40-22-18-26(34)28(27(35)19-22)33(36,37)41-23-16-24(31(2,3)4)29(38)25(17-23)32(5,6)7/h12-19,38H,8-11H2,1-7H3. The Kier molecular flexibility index (Phi) is 9.46. The smallest absolute Gasteiger partial charge is 0.432 e. The average molecular weight is 575 g/mol. The van der Waals surface area contributed by atoms with E-state index < -0.39 is 45.9 Å². The summed E-state index contributed by atoms with van der Waals surface area (Å²) < 4.78 is 70.3. The van der Waals surface area contributed by atoms with Gasteiger partial charge < -0.3 is 14.6 Å². The largest absolute Gasteiger partial charge is 0.507 e. The fourth-order valence-electron chi connectivity index (χ4n) is 4.45. The number of carbonyl (C=O) groups is 1. The van der Waals surface area contributed by atoms with Crippen LogP contribution in [0, 0.1) is 11.6 Å². The second-order valence-electron chi connectivity index (χ2n) is 12.3. The maximum absolute atomic E-state index is 15.3. The predicted octanol–water partition coefficient (Wildman–Crippen LogP) is 9.35. The summed E-state index contributed by atoms with van der Waals surface area (Å²) in [6, 6.07) is 10.1. The minimum atomic E-state index is -4.43. The molecule has 3 aromatic rings. The first-order chi connectivity index (χ1) is 18.9. The molecule has 8 heteroatoms. The molecule has 0 heterocycles. The molecule has 0 unspecified atom stereocenters. The van der Waals surface area contributed by atoms with Gasteiger partial charge in [-0.05, 0) is 53.5 Å². The number of aromatic hydroxyl groups is 1. The van der Waals surface area contributed by atoms with Crippen molar-refractivity contribution in [2.75, 3.05) is 0 Å². The lowest BCUT2D eigenvalue weighted by Crippen LogP contribution is -2.26. The van der Waals surface area contributed by atoms with E-state index >= 15 is 8.78 Å². The number of benzene rings is 3. The number of esters is 1. The Morgan fingerprint density at radius 2 is 1.32 bits per heavy atom. The van der Waals surface area contributed by atoms with E-state index in [0.29, 0.717) is 23.3 Å². The molecular formula is C33H38F4O4. The fourth-order valence-corrected chi connectivity index (χ4v) is 4.45. The predicted molar refractivity (Wildman–Crippen MR) is 151 cm³/mol. The maximum Gasteiger partial charge on any atom is 0.432 e. The normalized spacial score (nSPS) is 12.4. The second kappa shape index (κ2) is 12.1. The van der Waals surface area contributed by atoms with Crippen molar-refractivity contribution in [3.63, 3.8) is 0 Å². The summed E-state index contributed by atoms with van der Waals surface area (Å²) in [5.41, 5.74) is -1.04. The number of alkyl halides is 2. The van der Waals surface area contributed by atoms with Crippen molar-refractivity contribution < 1.29 is 36.9 Å². The summed E-state index contributed by atoms with van der Waals surface area (Å²) in [6.07, 6.45) is -0.378. The highest BCUT2D eigenvalue weighted by molar-refractivity contribution is 5.91. The molecule has 0 atom stereocenters. The summed E-state index contributed by atoms with van der Waals surface area (Å²) in [7, 11) is 0. The molecule has 41 heavy (non-hydrogen) atoms. The van der Waals surface area contributed by atoms with Gasteiger partial charge in [0.1, 0.15) is 34.4 Å². The van der Waals surface area contributed by atoms with Gasteiger partial charge in [-0.25, -0.2) is 13.6 Å². The van der Waals surface area contributed by atoms with Gasteiger partial charge in [0, 0.05) is 23.3 Å². The van der Waals surface area contributed by atoms with E-state index in [4.69, 9.17) is 9.47 Å². The Bertz CT molecular complexity index is 1330. The summed E-state index contributed by atoms with van der Waals surface area (Å²) >= 11 is 0. The van der Waals surface area contributed by atoms with Crippen LogP contribution in [-0.2, 0) is 23.4 Å². The molecule has 3 aromatic carbocycles. The van der Waals surface area contributed by atoms with E-state index in [9.17, 15) is 18.7 Å². The van der Waals surface area contributed by atoms with Crippen molar-refractivity contribution in [2.45, 2.75) is 91.1 Å². The van der Waals surface area contributed by atoms with Gasteiger partial charge in [-0.15, -0.1) is 0 Å². The summed E-state index contributed by atoms with van der Waals surface area (Å²) in [4.78, 5) is 12.5. The van der Waals surface area contributed by atoms with Crippen molar-refractivity contribution in [2.24, 2.45) is 0 Å². The van der Waals surface area contributed by atoms with Crippen LogP contribution in [-0.4, -0.2) is 11.1 Å². The molecule has 0 aliphatic heterocycles. The van der Waals surface area contributed by atoms with E-state index in [-0.39, 0.29) is 17.1 Å². The van der Waals surface area contributed by atoms with Gasteiger partial charge in [-0.3, -0.25) is 0 Å². The second-order valence-corrected chi connectivity index (χ2v) is 12.3. The molecule has 0 bridgehead atoms. The Hall–Kier alpha value is -3.55. The van der Waals surface area contributed by atoms with Crippen LogP contribution in [0.3, 0.4) is 0 Å². The minimum absolute atomic E-state index is 0.0599. The van der Waals surface area contributed by atoms with E-state index in [1.165, 1.54) is 12.1 Å². The Labute approximate surface area is 239 Å². The molecule has 1 N–H and O–H groups in total. The van der Waals surface area contributed by atoms with E-state index in [1.807, 2.05) is 0 Å². The van der Waals surface area contributed by atoms with Gasteiger partial charge in [0.15, 0.2) is 0 Å². The highest BCUT2D eigenvalue weighted by Crippen LogP contribution is 2.44. The van der Waals surface area contributed by atoms with Crippen molar-refractivity contribution in [1.82, 2.24) is 0 Å². The SMILES string of the molecule is CCCCCc1ccc(C(=O)Oc2cc(F)c(C(F)(F)Oc3cc(C(C)(C)C)c(O)c(C(C)(C)C)c3)c(F)c2)cc1. The van der Waals surface area contributed by atoms with Crippen LogP contribution in [0.1, 0.15) is 100 Å². The van der Waals surface area contributed by atoms with Crippen molar-refractivity contribution in [1.29, 1.82) is 0 Å². The van der Waals surface area contributed by atoms with Gasteiger partial charge in [-0.1, -0.05) is 73.4 Å². The number of hydrogen-bond donors (Lipinski definition) is 1. The van der Waals surface area contributed by atoms with Gasteiger partial charge in [0.2, 0.25) is 0 Å². The third kappa shape index (κ3) is 7.80. The summed E-state index contributed by atoms with van der Waals surface area (Å²) in [5, 5.41) is 10.8.